The van der Waals surface area contributed by atoms with Crippen LogP contribution in [-0.4, -0.2) is 26.2 Å². The molecule has 19 heavy (non-hydrogen) atoms. The second-order valence-electron chi connectivity index (χ2n) is 4.96. The van der Waals surface area contributed by atoms with E-state index in [1.807, 2.05) is 12.1 Å². The molecule has 6 heteroatoms. The summed E-state index contributed by atoms with van der Waals surface area (Å²) in [5, 5.41) is 8.99. The van der Waals surface area contributed by atoms with E-state index >= 15 is 0 Å². The Morgan fingerprint density at radius 2 is 1.95 bits per heavy atom. The van der Waals surface area contributed by atoms with Crippen molar-refractivity contribution in [2.45, 2.75) is 31.1 Å². The number of sulfonamides is 1. The van der Waals surface area contributed by atoms with Gasteiger partial charge in [0, 0.05) is 17.1 Å². The highest BCUT2D eigenvalue weighted by Gasteiger charge is 2.33. The van der Waals surface area contributed by atoms with E-state index in [1.54, 1.807) is 12.1 Å². The van der Waals surface area contributed by atoms with Gasteiger partial charge in [0.1, 0.15) is 0 Å². The zero-order chi connectivity index (χ0) is 13.9. The molecule has 0 bridgehead atoms. The molecule has 1 aliphatic carbocycles. The van der Waals surface area contributed by atoms with Crippen LogP contribution in [0.4, 0.5) is 0 Å². The van der Waals surface area contributed by atoms with Crippen molar-refractivity contribution in [1.29, 1.82) is 0 Å². The first-order valence-corrected chi connectivity index (χ1v) is 8.80. The van der Waals surface area contributed by atoms with Gasteiger partial charge in [-0.15, -0.1) is 0 Å². The van der Waals surface area contributed by atoms with Crippen molar-refractivity contribution in [3.8, 4) is 0 Å². The van der Waals surface area contributed by atoms with E-state index in [4.69, 9.17) is 5.11 Å². The molecule has 0 radical (unpaired) electrons. The summed E-state index contributed by atoms with van der Waals surface area (Å²) in [5.41, 5.74) is 0.759. The molecule has 0 heterocycles. The summed E-state index contributed by atoms with van der Waals surface area (Å²) in [4.78, 5) is 0. The Kier molecular flexibility index (Phi) is 5.00. The monoisotopic (exact) mass is 347 g/mol. The lowest BCUT2D eigenvalue weighted by molar-refractivity contribution is 0.265. The van der Waals surface area contributed by atoms with Crippen molar-refractivity contribution in [2.24, 2.45) is 5.92 Å². The molecule has 1 atom stereocenters. The Labute approximate surface area is 122 Å². The Morgan fingerprint density at radius 3 is 2.47 bits per heavy atom. The summed E-state index contributed by atoms with van der Waals surface area (Å²) >= 11 is 3.32. The van der Waals surface area contributed by atoms with Crippen LogP contribution in [0.5, 0.6) is 0 Å². The highest BCUT2D eigenvalue weighted by molar-refractivity contribution is 9.10. The number of hydrogen-bond donors (Lipinski definition) is 2. The van der Waals surface area contributed by atoms with Crippen LogP contribution in [-0.2, 0) is 15.8 Å². The molecule has 2 rings (SSSR count). The number of aliphatic hydroxyl groups is 1. The van der Waals surface area contributed by atoms with E-state index in [0.29, 0.717) is 12.3 Å². The molecule has 1 saturated carbocycles. The third-order valence-electron chi connectivity index (χ3n) is 3.23. The number of benzene rings is 1. The normalized spacial score (nSPS) is 17.4. The van der Waals surface area contributed by atoms with Crippen LogP contribution in [0.25, 0.3) is 0 Å². The van der Waals surface area contributed by atoms with Crippen molar-refractivity contribution in [1.82, 2.24) is 4.72 Å². The van der Waals surface area contributed by atoms with E-state index in [0.717, 1.165) is 22.9 Å². The van der Waals surface area contributed by atoms with Crippen molar-refractivity contribution in [2.75, 3.05) is 6.61 Å². The average Bonchev–Trinajstić information content (AvgIpc) is 3.15. The number of aliphatic hydroxyl groups excluding tert-OH is 1. The summed E-state index contributed by atoms with van der Waals surface area (Å²) in [5.74, 6) is 0.376. The molecule has 0 aliphatic heterocycles. The first kappa shape index (κ1) is 15.0. The summed E-state index contributed by atoms with van der Waals surface area (Å²) in [6.07, 6.45) is 2.58. The third kappa shape index (κ3) is 4.87. The maximum absolute atomic E-state index is 12.1. The van der Waals surface area contributed by atoms with Gasteiger partial charge in [0.05, 0.1) is 5.75 Å². The number of rotatable bonds is 7. The van der Waals surface area contributed by atoms with Crippen molar-refractivity contribution < 1.29 is 13.5 Å². The molecule has 106 valence electrons. The van der Waals surface area contributed by atoms with E-state index in [-0.39, 0.29) is 18.4 Å². The molecule has 0 spiro atoms. The predicted molar refractivity (Wildman–Crippen MR) is 78.1 cm³/mol. The van der Waals surface area contributed by atoms with Gasteiger partial charge in [-0.3, -0.25) is 0 Å². The van der Waals surface area contributed by atoms with Crippen LogP contribution < -0.4 is 4.72 Å². The SMILES string of the molecule is O=S(=O)(Cc1ccc(Br)cc1)NC(CCO)C1CC1. The maximum Gasteiger partial charge on any atom is 0.216 e. The summed E-state index contributed by atoms with van der Waals surface area (Å²) in [7, 11) is -3.35. The van der Waals surface area contributed by atoms with Gasteiger partial charge in [-0.2, -0.15) is 0 Å². The smallest absolute Gasteiger partial charge is 0.216 e. The first-order valence-electron chi connectivity index (χ1n) is 6.35. The second kappa shape index (κ2) is 6.35. The summed E-state index contributed by atoms with van der Waals surface area (Å²) < 4.78 is 27.8. The second-order valence-corrected chi connectivity index (χ2v) is 7.63. The standard InChI is InChI=1S/C13H18BrNO3S/c14-12-5-1-10(2-6-12)9-19(17,18)15-13(7-8-16)11-3-4-11/h1-2,5-6,11,13,15-16H,3-4,7-9H2. The predicted octanol–water partition coefficient (Wildman–Crippen LogP) is 2.03. The van der Waals surface area contributed by atoms with Crippen LogP contribution in [0.1, 0.15) is 24.8 Å². The van der Waals surface area contributed by atoms with Gasteiger partial charge < -0.3 is 5.11 Å². The lowest BCUT2D eigenvalue weighted by Gasteiger charge is -2.17. The molecule has 0 amide bonds. The number of nitrogens with one attached hydrogen (secondary N) is 1. The first-order chi connectivity index (χ1) is 9.00. The molecule has 1 unspecified atom stereocenters. The topological polar surface area (TPSA) is 66.4 Å². The molecule has 2 N–H and O–H groups in total. The van der Waals surface area contributed by atoms with Gasteiger partial charge in [-0.05, 0) is 42.9 Å². The lowest BCUT2D eigenvalue weighted by Crippen LogP contribution is -2.37. The minimum atomic E-state index is -3.35. The average molecular weight is 348 g/mol. The number of hydrogen-bond acceptors (Lipinski definition) is 3. The fourth-order valence-electron chi connectivity index (χ4n) is 2.10. The van der Waals surface area contributed by atoms with E-state index in [2.05, 4.69) is 20.7 Å². The third-order valence-corrected chi connectivity index (χ3v) is 5.14. The van der Waals surface area contributed by atoms with Gasteiger partial charge in [0.25, 0.3) is 0 Å². The van der Waals surface area contributed by atoms with Gasteiger partial charge in [-0.1, -0.05) is 28.1 Å². The van der Waals surface area contributed by atoms with Crippen LogP contribution in [0, 0.1) is 5.92 Å². The largest absolute Gasteiger partial charge is 0.396 e. The number of halogens is 1. The minimum absolute atomic E-state index is 0.0158. The van der Waals surface area contributed by atoms with Crippen molar-refractivity contribution in [3.63, 3.8) is 0 Å². The fourth-order valence-corrected chi connectivity index (χ4v) is 3.85. The Hall–Kier alpha value is -0.430. The maximum atomic E-state index is 12.1. The molecule has 0 saturated heterocycles. The van der Waals surface area contributed by atoms with Gasteiger partial charge in [0.2, 0.25) is 10.0 Å². The van der Waals surface area contributed by atoms with E-state index in [9.17, 15) is 8.42 Å². The van der Waals surface area contributed by atoms with E-state index < -0.39 is 10.0 Å². The molecular weight excluding hydrogens is 330 g/mol. The van der Waals surface area contributed by atoms with Gasteiger partial charge >= 0.3 is 0 Å². The highest BCUT2D eigenvalue weighted by Crippen LogP contribution is 2.34. The zero-order valence-corrected chi connectivity index (χ0v) is 13.0. The molecule has 1 aromatic carbocycles. The van der Waals surface area contributed by atoms with Crippen molar-refractivity contribution in [3.05, 3.63) is 34.3 Å². The minimum Gasteiger partial charge on any atom is -0.396 e. The molecular formula is C13H18BrNO3S. The van der Waals surface area contributed by atoms with Crippen LogP contribution in [0.3, 0.4) is 0 Å². The molecule has 1 aromatic rings. The zero-order valence-electron chi connectivity index (χ0n) is 10.5. The Balaban J connectivity index is 1.99. The Morgan fingerprint density at radius 1 is 1.32 bits per heavy atom. The lowest BCUT2D eigenvalue weighted by atomic mass is 10.1. The molecule has 0 aromatic heterocycles. The molecule has 4 nitrogen and oxygen atoms in total. The molecule has 1 aliphatic rings. The van der Waals surface area contributed by atoms with Crippen LogP contribution >= 0.6 is 15.9 Å². The quantitative estimate of drug-likeness (QED) is 0.792. The van der Waals surface area contributed by atoms with Crippen LogP contribution in [0.15, 0.2) is 28.7 Å². The van der Waals surface area contributed by atoms with Gasteiger partial charge in [-0.25, -0.2) is 13.1 Å². The fraction of sp³-hybridized carbons (Fsp3) is 0.538. The van der Waals surface area contributed by atoms with Gasteiger partial charge in [0.15, 0.2) is 0 Å². The van der Waals surface area contributed by atoms with Crippen molar-refractivity contribution >= 4 is 26.0 Å². The highest BCUT2D eigenvalue weighted by atomic mass is 79.9. The molecule has 1 fully saturated rings. The van der Waals surface area contributed by atoms with Crippen LogP contribution in [0.2, 0.25) is 0 Å². The summed E-state index contributed by atoms with van der Waals surface area (Å²) in [6.45, 7) is 0.0158. The summed E-state index contributed by atoms with van der Waals surface area (Å²) in [6, 6.07) is 7.13. The van der Waals surface area contributed by atoms with E-state index in [1.165, 1.54) is 0 Å². The Bertz CT molecular complexity index is 511.